The number of nitrogens with one attached hydrogen (secondary N) is 1. The van der Waals surface area contributed by atoms with Gasteiger partial charge in [-0.1, -0.05) is 18.5 Å². The summed E-state index contributed by atoms with van der Waals surface area (Å²) in [5.41, 5.74) is 1.01. The molecule has 2 aliphatic heterocycles. The summed E-state index contributed by atoms with van der Waals surface area (Å²) in [6, 6.07) is 6.49. The van der Waals surface area contributed by atoms with Gasteiger partial charge in [0.2, 0.25) is 0 Å². The normalized spacial score (nSPS) is 29.6. The molecule has 2 aliphatic rings. The molecule has 1 N–H and O–H groups in total. The molecule has 2 bridgehead atoms. The van der Waals surface area contributed by atoms with Gasteiger partial charge in [-0.05, 0) is 56.8 Å². The summed E-state index contributed by atoms with van der Waals surface area (Å²) in [6.45, 7) is 3.19. The molecule has 2 atom stereocenters. The van der Waals surface area contributed by atoms with Crippen molar-refractivity contribution in [2.24, 2.45) is 0 Å². The molecule has 0 amide bonds. The molecule has 2 unspecified atom stereocenters. The van der Waals surface area contributed by atoms with Gasteiger partial charge in [0, 0.05) is 18.1 Å². The zero-order valence-corrected chi connectivity index (χ0v) is 12.7. The zero-order valence-electron chi connectivity index (χ0n) is 11.9. The Kier molecular flexibility index (Phi) is 4.18. The Labute approximate surface area is 125 Å². The lowest BCUT2D eigenvalue weighted by Crippen LogP contribution is -2.56. The molecule has 2 fully saturated rings. The molecule has 20 heavy (non-hydrogen) atoms. The minimum absolute atomic E-state index is 0.258. The van der Waals surface area contributed by atoms with Crippen molar-refractivity contribution in [2.75, 3.05) is 11.4 Å². The van der Waals surface area contributed by atoms with Crippen LogP contribution >= 0.6 is 11.6 Å². The fourth-order valence-electron chi connectivity index (χ4n) is 3.92. The van der Waals surface area contributed by atoms with Crippen molar-refractivity contribution in [1.29, 1.82) is 0 Å². The third-order valence-electron chi connectivity index (χ3n) is 4.66. The molecule has 110 valence electrons. The van der Waals surface area contributed by atoms with Gasteiger partial charge in [-0.15, -0.1) is 0 Å². The van der Waals surface area contributed by atoms with E-state index in [0.29, 0.717) is 23.1 Å². The van der Waals surface area contributed by atoms with Crippen molar-refractivity contribution < 1.29 is 4.39 Å². The molecule has 1 aromatic carbocycles. The lowest BCUT2D eigenvalue weighted by Gasteiger charge is -2.50. The third-order valence-corrected chi connectivity index (χ3v) is 4.96. The summed E-state index contributed by atoms with van der Waals surface area (Å²) in [7, 11) is 0. The minimum Gasteiger partial charge on any atom is -0.364 e. The van der Waals surface area contributed by atoms with Gasteiger partial charge in [0.25, 0.3) is 0 Å². The Morgan fingerprint density at radius 1 is 1.30 bits per heavy atom. The first-order valence-corrected chi connectivity index (χ1v) is 8.03. The van der Waals surface area contributed by atoms with E-state index in [2.05, 4.69) is 17.1 Å². The molecule has 0 aromatic heterocycles. The molecule has 0 saturated carbocycles. The van der Waals surface area contributed by atoms with Gasteiger partial charge < -0.3 is 10.2 Å². The van der Waals surface area contributed by atoms with E-state index in [4.69, 9.17) is 11.6 Å². The van der Waals surface area contributed by atoms with E-state index in [1.165, 1.54) is 31.4 Å². The van der Waals surface area contributed by atoms with Crippen molar-refractivity contribution in [3.05, 3.63) is 29.0 Å². The van der Waals surface area contributed by atoms with Crippen LogP contribution in [0.15, 0.2) is 18.2 Å². The van der Waals surface area contributed by atoms with E-state index in [-0.39, 0.29) is 5.82 Å². The molecular formula is C16H22ClFN2. The monoisotopic (exact) mass is 296 g/mol. The molecule has 2 saturated heterocycles. The second-order valence-electron chi connectivity index (χ2n) is 5.97. The van der Waals surface area contributed by atoms with Crippen molar-refractivity contribution in [1.82, 2.24) is 5.32 Å². The number of benzene rings is 1. The Balaban J connectivity index is 1.86. The number of hydrogen-bond donors (Lipinski definition) is 1. The molecule has 0 radical (unpaired) electrons. The largest absolute Gasteiger partial charge is 0.364 e. The van der Waals surface area contributed by atoms with Crippen LogP contribution in [0.5, 0.6) is 0 Å². The fraction of sp³-hybridized carbons (Fsp3) is 0.625. The highest BCUT2D eigenvalue weighted by Gasteiger charge is 2.38. The van der Waals surface area contributed by atoms with Crippen LogP contribution in [0.1, 0.15) is 39.0 Å². The highest BCUT2D eigenvalue weighted by atomic mass is 35.5. The maximum Gasteiger partial charge on any atom is 0.124 e. The maximum absolute atomic E-state index is 13.3. The van der Waals surface area contributed by atoms with Crippen molar-refractivity contribution in [3.8, 4) is 0 Å². The standard InChI is InChI=1S/C16H22ClFN2/c1-2-19-12-9-13-4-3-5-14(10-12)20(13)16-7-6-11(18)8-15(16)17/h6-8,12-14,19H,2-5,9-10H2,1H3. The number of piperidine rings is 2. The third kappa shape index (κ3) is 2.66. The number of fused-ring (bicyclic) bond motifs is 2. The van der Waals surface area contributed by atoms with Crippen LogP contribution < -0.4 is 10.2 Å². The molecule has 2 nitrogen and oxygen atoms in total. The lowest BCUT2D eigenvalue weighted by atomic mass is 9.81. The van der Waals surface area contributed by atoms with Gasteiger partial charge in [-0.3, -0.25) is 0 Å². The highest BCUT2D eigenvalue weighted by Crippen LogP contribution is 2.40. The average molecular weight is 297 g/mol. The quantitative estimate of drug-likeness (QED) is 0.907. The first-order valence-electron chi connectivity index (χ1n) is 7.65. The van der Waals surface area contributed by atoms with Gasteiger partial charge in [-0.2, -0.15) is 0 Å². The lowest BCUT2D eigenvalue weighted by molar-refractivity contribution is 0.247. The first kappa shape index (κ1) is 14.2. The Morgan fingerprint density at radius 3 is 2.60 bits per heavy atom. The summed E-state index contributed by atoms with van der Waals surface area (Å²) in [5, 5.41) is 4.13. The molecule has 1 aromatic rings. The maximum atomic E-state index is 13.3. The van der Waals surface area contributed by atoms with E-state index in [1.807, 2.05) is 6.07 Å². The average Bonchev–Trinajstić information content (AvgIpc) is 2.39. The fourth-order valence-corrected chi connectivity index (χ4v) is 4.19. The van der Waals surface area contributed by atoms with Crippen molar-refractivity contribution in [3.63, 3.8) is 0 Å². The van der Waals surface area contributed by atoms with Crippen LogP contribution in [-0.4, -0.2) is 24.7 Å². The topological polar surface area (TPSA) is 15.3 Å². The molecule has 0 spiro atoms. The van der Waals surface area contributed by atoms with E-state index < -0.39 is 0 Å². The molecular weight excluding hydrogens is 275 g/mol. The van der Waals surface area contributed by atoms with E-state index in [0.717, 1.165) is 25.1 Å². The Bertz CT molecular complexity index is 466. The number of rotatable bonds is 3. The summed E-state index contributed by atoms with van der Waals surface area (Å²) in [4.78, 5) is 2.46. The molecule has 4 heteroatoms. The zero-order chi connectivity index (χ0) is 14.1. The SMILES string of the molecule is CCNC1CC2CCCC(C1)N2c1ccc(F)cc1Cl. The predicted octanol–water partition coefficient (Wildman–Crippen LogP) is 3.98. The van der Waals surface area contributed by atoms with Crippen molar-refractivity contribution >= 4 is 17.3 Å². The summed E-state index contributed by atoms with van der Waals surface area (Å²) < 4.78 is 13.3. The van der Waals surface area contributed by atoms with E-state index >= 15 is 0 Å². The van der Waals surface area contributed by atoms with Gasteiger partial charge in [-0.25, -0.2) is 4.39 Å². The van der Waals surface area contributed by atoms with Gasteiger partial charge in [0.05, 0.1) is 10.7 Å². The van der Waals surface area contributed by atoms with Crippen molar-refractivity contribution in [2.45, 2.75) is 57.2 Å². The molecule has 2 heterocycles. The highest BCUT2D eigenvalue weighted by molar-refractivity contribution is 6.33. The van der Waals surface area contributed by atoms with Crippen LogP contribution in [0.3, 0.4) is 0 Å². The number of anilines is 1. The van der Waals surface area contributed by atoms with Gasteiger partial charge in [0.15, 0.2) is 0 Å². The second-order valence-corrected chi connectivity index (χ2v) is 6.37. The molecule has 3 rings (SSSR count). The minimum atomic E-state index is -0.258. The Morgan fingerprint density at radius 2 is 2.00 bits per heavy atom. The first-order chi connectivity index (χ1) is 9.69. The van der Waals surface area contributed by atoms with Crippen LogP contribution in [0.2, 0.25) is 5.02 Å². The van der Waals surface area contributed by atoms with Gasteiger partial charge in [0.1, 0.15) is 5.82 Å². The number of halogens is 2. The Hall–Kier alpha value is -0.800. The summed E-state index contributed by atoms with van der Waals surface area (Å²) >= 11 is 6.27. The second kappa shape index (κ2) is 5.90. The molecule has 0 aliphatic carbocycles. The smallest absolute Gasteiger partial charge is 0.124 e. The van der Waals surface area contributed by atoms with Crippen LogP contribution in [0.25, 0.3) is 0 Å². The van der Waals surface area contributed by atoms with Crippen LogP contribution in [0, 0.1) is 5.82 Å². The van der Waals surface area contributed by atoms with Gasteiger partial charge >= 0.3 is 0 Å². The van der Waals surface area contributed by atoms with Crippen LogP contribution in [-0.2, 0) is 0 Å². The predicted molar refractivity (Wildman–Crippen MR) is 82.0 cm³/mol. The van der Waals surface area contributed by atoms with E-state index in [9.17, 15) is 4.39 Å². The van der Waals surface area contributed by atoms with Crippen LogP contribution in [0.4, 0.5) is 10.1 Å². The summed E-state index contributed by atoms with van der Waals surface area (Å²) in [6.07, 6.45) is 6.05. The number of nitrogens with zero attached hydrogens (tertiary/aromatic N) is 1. The number of hydrogen-bond acceptors (Lipinski definition) is 2. The summed E-state index contributed by atoms with van der Waals surface area (Å²) in [5.74, 6) is -0.258. The van der Waals surface area contributed by atoms with E-state index in [1.54, 1.807) is 0 Å².